The van der Waals surface area contributed by atoms with E-state index in [1.54, 1.807) is 4.57 Å². The summed E-state index contributed by atoms with van der Waals surface area (Å²) in [6.07, 6.45) is -2.87. The van der Waals surface area contributed by atoms with Gasteiger partial charge in [0.15, 0.2) is 5.82 Å². The number of nitrogens with zero attached hydrogens (tertiary/aromatic N) is 3. The van der Waals surface area contributed by atoms with Gasteiger partial charge in [0.05, 0.1) is 5.56 Å². The Labute approximate surface area is 116 Å². The van der Waals surface area contributed by atoms with Crippen molar-refractivity contribution in [3.8, 4) is 11.4 Å². The Bertz CT molecular complexity index is 590. The lowest BCUT2D eigenvalue weighted by molar-refractivity contribution is -0.137. The van der Waals surface area contributed by atoms with Gasteiger partial charge in [0, 0.05) is 16.1 Å². The van der Waals surface area contributed by atoms with Crippen LogP contribution >= 0.6 is 15.9 Å². The summed E-state index contributed by atoms with van der Waals surface area (Å²) in [5, 5.41) is 7.67. The number of rotatable bonds is 2. The molecule has 0 saturated carbocycles. The summed E-state index contributed by atoms with van der Waals surface area (Å²) >= 11 is 3.25. The molecule has 102 valence electrons. The Kier molecular flexibility index (Phi) is 3.66. The first-order valence-electron chi connectivity index (χ1n) is 5.57. The van der Waals surface area contributed by atoms with E-state index in [0.717, 1.165) is 12.1 Å². The van der Waals surface area contributed by atoms with Crippen LogP contribution in [0.1, 0.15) is 25.5 Å². The average molecular weight is 334 g/mol. The first-order chi connectivity index (χ1) is 8.80. The molecule has 0 fully saturated rings. The number of benzene rings is 1. The highest BCUT2D eigenvalue weighted by atomic mass is 79.9. The van der Waals surface area contributed by atoms with Gasteiger partial charge in [-0.25, -0.2) is 0 Å². The fourth-order valence-electron chi connectivity index (χ4n) is 1.69. The van der Waals surface area contributed by atoms with Crippen molar-refractivity contribution in [3.63, 3.8) is 0 Å². The summed E-state index contributed by atoms with van der Waals surface area (Å²) in [6.45, 7) is 3.82. The molecule has 0 radical (unpaired) electrons. The molecule has 0 bridgehead atoms. The van der Waals surface area contributed by atoms with Crippen LogP contribution in [0.25, 0.3) is 11.4 Å². The van der Waals surface area contributed by atoms with Crippen LogP contribution in [0.5, 0.6) is 0 Å². The first kappa shape index (κ1) is 14.0. The van der Waals surface area contributed by atoms with Gasteiger partial charge in [-0.2, -0.15) is 13.2 Å². The molecule has 2 aromatic rings. The van der Waals surface area contributed by atoms with Crippen molar-refractivity contribution in [1.29, 1.82) is 0 Å². The molecule has 0 N–H and O–H groups in total. The molecular formula is C12H11BrF3N3. The molecule has 0 atom stereocenters. The number of halogens is 4. The summed E-state index contributed by atoms with van der Waals surface area (Å²) in [5.41, 5.74) is -0.329. The van der Waals surface area contributed by atoms with E-state index < -0.39 is 11.7 Å². The van der Waals surface area contributed by atoms with Crippen LogP contribution in [0.2, 0.25) is 0 Å². The lowest BCUT2D eigenvalue weighted by atomic mass is 10.1. The van der Waals surface area contributed by atoms with E-state index in [-0.39, 0.29) is 6.04 Å². The van der Waals surface area contributed by atoms with E-state index in [1.165, 1.54) is 12.4 Å². The van der Waals surface area contributed by atoms with Gasteiger partial charge in [-0.1, -0.05) is 15.9 Å². The summed E-state index contributed by atoms with van der Waals surface area (Å²) in [6, 6.07) is 3.54. The molecule has 1 heterocycles. The van der Waals surface area contributed by atoms with Gasteiger partial charge in [0.2, 0.25) is 0 Å². The maximum Gasteiger partial charge on any atom is 0.416 e. The van der Waals surface area contributed by atoms with Crippen LogP contribution in [0.4, 0.5) is 13.2 Å². The Morgan fingerprint density at radius 3 is 2.53 bits per heavy atom. The van der Waals surface area contributed by atoms with Crippen LogP contribution in [-0.2, 0) is 6.18 Å². The minimum Gasteiger partial charge on any atom is -0.311 e. The lowest BCUT2D eigenvalue weighted by Gasteiger charge is -2.13. The highest BCUT2D eigenvalue weighted by Gasteiger charge is 2.31. The summed E-state index contributed by atoms with van der Waals surface area (Å²) in [4.78, 5) is 0. The SMILES string of the molecule is CC(C)n1cnnc1-c1cc(C(F)(F)F)ccc1Br. The third kappa shape index (κ3) is 2.80. The first-order valence-corrected chi connectivity index (χ1v) is 6.36. The molecular weight excluding hydrogens is 323 g/mol. The van der Waals surface area contributed by atoms with Crippen LogP contribution in [0, 0.1) is 0 Å². The van der Waals surface area contributed by atoms with E-state index in [2.05, 4.69) is 26.1 Å². The molecule has 0 unspecified atom stereocenters. The second-order valence-electron chi connectivity index (χ2n) is 4.35. The van der Waals surface area contributed by atoms with E-state index in [9.17, 15) is 13.2 Å². The Hall–Kier alpha value is -1.37. The zero-order valence-corrected chi connectivity index (χ0v) is 11.8. The fraction of sp³-hybridized carbons (Fsp3) is 0.333. The second kappa shape index (κ2) is 4.96. The van der Waals surface area contributed by atoms with Crippen molar-refractivity contribution in [2.24, 2.45) is 0 Å². The predicted molar refractivity (Wildman–Crippen MR) is 68.5 cm³/mol. The summed E-state index contributed by atoms with van der Waals surface area (Å²) < 4.78 is 40.5. The highest BCUT2D eigenvalue weighted by molar-refractivity contribution is 9.10. The zero-order chi connectivity index (χ0) is 14.2. The molecule has 1 aromatic heterocycles. The number of hydrogen-bond donors (Lipinski definition) is 0. The molecule has 3 nitrogen and oxygen atoms in total. The van der Waals surface area contributed by atoms with Gasteiger partial charge in [0.25, 0.3) is 0 Å². The van der Waals surface area contributed by atoms with Crippen molar-refractivity contribution in [1.82, 2.24) is 14.8 Å². The third-order valence-electron chi connectivity index (χ3n) is 2.66. The average Bonchev–Trinajstić information content (AvgIpc) is 2.76. The van der Waals surface area contributed by atoms with Crippen molar-refractivity contribution < 1.29 is 13.2 Å². The van der Waals surface area contributed by atoms with Gasteiger partial charge in [0.1, 0.15) is 6.33 Å². The maximum absolute atomic E-state index is 12.7. The normalized spacial score (nSPS) is 12.2. The van der Waals surface area contributed by atoms with E-state index >= 15 is 0 Å². The van der Waals surface area contributed by atoms with Crippen molar-refractivity contribution in [2.45, 2.75) is 26.1 Å². The number of hydrogen-bond acceptors (Lipinski definition) is 2. The monoisotopic (exact) mass is 333 g/mol. The topological polar surface area (TPSA) is 30.7 Å². The number of alkyl halides is 3. The molecule has 7 heteroatoms. The van der Waals surface area contributed by atoms with Crippen LogP contribution in [0.3, 0.4) is 0 Å². The van der Waals surface area contributed by atoms with Crippen LogP contribution in [0.15, 0.2) is 29.0 Å². The van der Waals surface area contributed by atoms with Crippen LogP contribution in [-0.4, -0.2) is 14.8 Å². The molecule has 0 aliphatic heterocycles. The zero-order valence-electron chi connectivity index (χ0n) is 10.2. The standard InChI is InChI=1S/C12H11BrF3N3/c1-7(2)19-6-17-18-11(19)9-5-8(12(14,15)16)3-4-10(9)13/h3-7H,1-2H3. The molecule has 19 heavy (non-hydrogen) atoms. The smallest absolute Gasteiger partial charge is 0.311 e. The molecule has 0 aliphatic rings. The van der Waals surface area contributed by atoms with Gasteiger partial charge in [-0.15, -0.1) is 10.2 Å². The maximum atomic E-state index is 12.7. The molecule has 0 aliphatic carbocycles. The van der Waals surface area contributed by atoms with Gasteiger partial charge >= 0.3 is 6.18 Å². The molecule has 1 aromatic carbocycles. The van der Waals surface area contributed by atoms with Crippen LogP contribution < -0.4 is 0 Å². The van der Waals surface area contributed by atoms with Crippen molar-refractivity contribution >= 4 is 15.9 Å². The Balaban J connectivity index is 2.58. The molecule has 0 amide bonds. The minimum atomic E-state index is -4.38. The Morgan fingerprint density at radius 2 is 1.95 bits per heavy atom. The summed E-state index contributed by atoms with van der Waals surface area (Å²) in [5.74, 6) is 0.410. The second-order valence-corrected chi connectivity index (χ2v) is 5.20. The van der Waals surface area contributed by atoms with Gasteiger partial charge in [-0.3, -0.25) is 0 Å². The Morgan fingerprint density at radius 1 is 1.26 bits per heavy atom. The van der Waals surface area contributed by atoms with Crippen molar-refractivity contribution in [3.05, 3.63) is 34.6 Å². The number of aromatic nitrogens is 3. The van der Waals surface area contributed by atoms with E-state index in [1.807, 2.05) is 13.8 Å². The third-order valence-corrected chi connectivity index (χ3v) is 3.36. The predicted octanol–water partition coefficient (Wildman–Crippen LogP) is 4.31. The largest absolute Gasteiger partial charge is 0.416 e. The van der Waals surface area contributed by atoms with E-state index in [4.69, 9.17) is 0 Å². The highest BCUT2D eigenvalue weighted by Crippen LogP contribution is 2.35. The van der Waals surface area contributed by atoms with Crippen molar-refractivity contribution in [2.75, 3.05) is 0 Å². The molecule has 0 saturated heterocycles. The van der Waals surface area contributed by atoms with Gasteiger partial charge < -0.3 is 4.57 Å². The van der Waals surface area contributed by atoms with E-state index in [0.29, 0.717) is 15.9 Å². The molecule has 0 spiro atoms. The summed E-state index contributed by atoms with van der Waals surface area (Å²) in [7, 11) is 0. The van der Waals surface area contributed by atoms with Gasteiger partial charge in [-0.05, 0) is 32.0 Å². The quantitative estimate of drug-likeness (QED) is 0.819. The lowest BCUT2D eigenvalue weighted by Crippen LogP contribution is -2.07. The molecule has 2 rings (SSSR count). The minimum absolute atomic E-state index is 0.0615. The fourth-order valence-corrected chi connectivity index (χ4v) is 2.11.